The molecule has 1 unspecified atom stereocenters. The number of allylic oxidation sites excluding steroid dienone is 4. The fraction of sp³-hybridized carbons (Fsp3) is 0.320. The van der Waals surface area contributed by atoms with Gasteiger partial charge in [-0.1, -0.05) is 0 Å². The van der Waals surface area contributed by atoms with Gasteiger partial charge in [0.1, 0.15) is 0 Å². The van der Waals surface area contributed by atoms with E-state index in [1.54, 1.807) is 31.0 Å². The average molecular weight is 490 g/mol. The Morgan fingerprint density at radius 3 is 2.18 bits per heavy atom. The number of fused-ring (bicyclic) bond motifs is 3. The summed E-state index contributed by atoms with van der Waals surface area (Å²) < 4.78 is 2.34. The molecule has 0 nitrogen and oxygen atoms in total. The van der Waals surface area contributed by atoms with Crippen LogP contribution in [0.3, 0.4) is 0 Å². The van der Waals surface area contributed by atoms with E-state index in [1.807, 2.05) is 0 Å². The van der Waals surface area contributed by atoms with Crippen LogP contribution in [0, 0.1) is 27.7 Å². The molecule has 0 radical (unpaired) electrons. The van der Waals surface area contributed by atoms with Gasteiger partial charge in [-0.3, -0.25) is 0 Å². The smallest absolute Gasteiger partial charge is 1.00 e. The van der Waals surface area contributed by atoms with Crippen LogP contribution in [0.4, 0.5) is 0 Å². The third kappa shape index (κ3) is 3.60. The van der Waals surface area contributed by atoms with E-state index in [0.29, 0.717) is 3.63 Å². The first kappa shape index (κ1) is 23.5. The molecular formula is C25H27Cl2Zr. The van der Waals surface area contributed by atoms with Gasteiger partial charge < -0.3 is 24.8 Å². The first-order valence-electron chi connectivity index (χ1n) is 9.58. The molecule has 0 aliphatic heterocycles. The van der Waals surface area contributed by atoms with Gasteiger partial charge in [0.2, 0.25) is 0 Å². The maximum absolute atomic E-state index is 2.41. The van der Waals surface area contributed by atoms with Crippen LogP contribution in [-0.4, -0.2) is 3.21 Å². The molecule has 4 rings (SSSR count). The van der Waals surface area contributed by atoms with Crippen LogP contribution in [0.5, 0.6) is 0 Å². The van der Waals surface area contributed by atoms with Gasteiger partial charge in [-0.25, -0.2) is 0 Å². The zero-order valence-corrected chi connectivity index (χ0v) is 21.5. The minimum absolute atomic E-state index is 0. The Bertz CT molecular complexity index is 1020. The first-order chi connectivity index (χ1) is 12.4. The Morgan fingerprint density at radius 2 is 1.57 bits per heavy atom. The fourth-order valence-electron chi connectivity index (χ4n) is 4.71. The molecule has 2 aliphatic rings. The van der Waals surface area contributed by atoms with Crippen molar-refractivity contribution in [3.05, 3.63) is 75.4 Å². The van der Waals surface area contributed by atoms with Gasteiger partial charge in [0, 0.05) is 0 Å². The van der Waals surface area contributed by atoms with E-state index in [0.717, 1.165) is 6.42 Å². The summed E-state index contributed by atoms with van der Waals surface area (Å²) in [5, 5.41) is 0. The molecule has 145 valence electrons. The summed E-state index contributed by atoms with van der Waals surface area (Å²) in [7, 11) is 0. The fourth-order valence-corrected chi connectivity index (χ4v) is 8.17. The minimum atomic E-state index is -0.664. The predicted molar refractivity (Wildman–Crippen MR) is 111 cm³/mol. The van der Waals surface area contributed by atoms with E-state index < -0.39 is 22.8 Å². The molecule has 0 N–H and O–H groups in total. The van der Waals surface area contributed by atoms with Crippen LogP contribution < -0.4 is 24.8 Å². The summed E-state index contributed by atoms with van der Waals surface area (Å²) in [4.78, 5) is 0. The third-order valence-corrected chi connectivity index (χ3v) is 9.70. The first-order valence-corrected chi connectivity index (χ1v) is 12.2. The third-order valence-electron chi connectivity index (χ3n) is 6.09. The van der Waals surface area contributed by atoms with E-state index in [9.17, 15) is 0 Å². The van der Waals surface area contributed by atoms with Crippen molar-refractivity contribution in [1.29, 1.82) is 0 Å². The predicted octanol–water partition coefficient (Wildman–Crippen LogP) is 0.636. The van der Waals surface area contributed by atoms with Crippen molar-refractivity contribution in [3.8, 4) is 11.1 Å². The largest absolute Gasteiger partial charge is 1.00 e. The van der Waals surface area contributed by atoms with Crippen molar-refractivity contribution < 1.29 is 47.6 Å². The molecule has 2 aromatic carbocycles. The number of hydrogen-bond acceptors (Lipinski definition) is 0. The molecular weight excluding hydrogens is 462 g/mol. The van der Waals surface area contributed by atoms with Crippen molar-refractivity contribution in [2.45, 2.75) is 51.6 Å². The van der Waals surface area contributed by atoms with Gasteiger partial charge in [-0.2, -0.15) is 0 Å². The number of hydrogen-bond donors (Lipinski definition) is 0. The number of benzene rings is 2. The number of halogens is 2. The number of aryl methyl sites for hydroxylation is 1. The molecule has 0 bridgehead atoms. The van der Waals surface area contributed by atoms with Crippen molar-refractivity contribution in [1.82, 2.24) is 0 Å². The van der Waals surface area contributed by atoms with Gasteiger partial charge in [-0.05, 0) is 0 Å². The van der Waals surface area contributed by atoms with Crippen LogP contribution in [0.25, 0.3) is 16.7 Å². The Hall–Kier alpha value is -0.747. The van der Waals surface area contributed by atoms with Gasteiger partial charge in [0.15, 0.2) is 0 Å². The molecule has 0 amide bonds. The van der Waals surface area contributed by atoms with Crippen molar-refractivity contribution >= 4 is 8.78 Å². The average Bonchev–Trinajstić information content (AvgIpc) is 3.21. The Balaban J connectivity index is 0.00000140. The van der Waals surface area contributed by atoms with E-state index >= 15 is 0 Å². The van der Waals surface area contributed by atoms with Crippen LogP contribution in [0.1, 0.15) is 62.8 Å². The molecule has 0 saturated heterocycles. The molecule has 0 spiro atoms. The quantitative estimate of drug-likeness (QED) is 0.581. The van der Waals surface area contributed by atoms with Gasteiger partial charge in [-0.15, -0.1) is 0 Å². The molecule has 0 fully saturated rings. The second kappa shape index (κ2) is 8.95. The Kier molecular flexibility index (Phi) is 7.52. The standard InChI is InChI=1S/C22H21.C3H6.2ClH.Zr/c1-13-8-7-11-18-12-19-21(17-9-5-6-10-17)15(3)14(2)16(4)22(19)20(13)18;1-3-2;;;/h5-9,11-12H,10H2,1-4H3;1-2H3;2*1H;/q;;;;+2/p-2. The summed E-state index contributed by atoms with van der Waals surface area (Å²) in [6.07, 6.45) is 7.96. The van der Waals surface area contributed by atoms with Crippen molar-refractivity contribution in [2.24, 2.45) is 0 Å². The SMILES string of the molecule is C[C](C)=[Zr+2][CH]1c2cccc(C)c2-c2c(C)c(C)c(C)c(C3=CC=CC3)c21.[Cl-].[Cl-]. The molecule has 0 heterocycles. The van der Waals surface area contributed by atoms with Gasteiger partial charge in [0.25, 0.3) is 0 Å². The normalized spacial score (nSPS) is 15.8. The summed E-state index contributed by atoms with van der Waals surface area (Å²) in [6.45, 7) is 14.0. The zero-order valence-electron chi connectivity index (χ0n) is 17.5. The van der Waals surface area contributed by atoms with Crippen molar-refractivity contribution in [3.63, 3.8) is 0 Å². The molecule has 0 saturated carbocycles. The van der Waals surface area contributed by atoms with Gasteiger partial charge in [0.05, 0.1) is 0 Å². The van der Waals surface area contributed by atoms with Gasteiger partial charge >= 0.3 is 170 Å². The second-order valence-electron chi connectivity index (χ2n) is 7.98. The molecule has 2 aromatic rings. The van der Waals surface area contributed by atoms with Crippen LogP contribution in [-0.2, 0) is 22.8 Å². The maximum atomic E-state index is 2.41. The zero-order chi connectivity index (χ0) is 18.6. The van der Waals surface area contributed by atoms with Crippen LogP contribution in [0.2, 0.25) is 0 Å². The summed E-state index contributed by atoms with van der Waals surface area (Å²) in [5.41, 5.74) is 15.4. The minimum Gasteiger partial charge on any atom is -1.00 e. The second-order valence-corrected chi connectivity index (χ2v) is 12.6. The molecule has 28 heavy (non-hydrogen) atoms. The maximum Gasteiger partial charge on any atom is -1.00 e. The van der Waals surface area contributed by atoms with E-state index in [1.165, 1.54) is 27.8 Å². The summed E-state index contributed by atoms with van der Waals surface area (Å²) in [5.74, 6) is 0. The Morgan fingerprint density at radius 1 is 0.893 bits per heavy atom. The molecule has 0 aromatic heterocycles. The topological polar surface area (TPSA) is 0 Å². The molecule has 2 aliphatic carbocycles. The van der Waals surface area contributed by atoms with Crippen LogP contribution in [0.15, 0.2) is 36.4 Å². The van der Waals surface area contributed by atoms with Crippen molar-refractivity contribution in [2.75, 3.05) is 0 Å². The monoisotopic (exact) mass is 487 g/mol. The molecule has 3 heteroatoms. The molecule has 1 atom stereocenters. The summed E-state index contributed by atoms with van der Waals surface area (Å²) in [6, 6.07) is 6.97. The van der Waals surface area contributed by atoms with E-state index in [2.05, 4.69) is 78.0 Å². The van der Waals surface area contributed by atoms with Crippen LogP contribution >= 0.6 is 0 Å². The van der Waals surface area contributed by atoms with E-state index in [-0.39, 0.29) is 24.8 Å². The summed E-state index contributed by atoms with van der Waals surface area (Å²) >= 11 is -0.664. The Labute approximate surface area is 193 Å². The van der Waals surface area contributed by atoms with E-state index in [4.69, 9.17) is 0 Å². The number of rotatable bonds is 2.